The molecule has 9 heteroatoms. The van der Waals surface area contributed by atoms with Crippen molar-refractivity contribution in [3.8, 4) is 11.5 Å². The minimum atomic E-state index is -0.651. The largest absolute Gasteiger partial charge is 0.510 e. The molecule has 1 aromatic rings. The van der Waals surface area contributed by atoms with Crippen molar-refractivity contribution in [2.75, 3.05) is 6.79 Å². The highest BCUT2D eigenvalue weighted by molar-refractivity contribution is 5.96. The van der Waals surface area contributed by atoms with Gasteiger partial charge in [-0.1, -0.05) is 13.8 Å². The van der Waals surface area contributed by atoms with Crippen molar-refractivity contribution in [2.24, 2.45) is 15.6 Å². The van der Waals surface area contributed by atoms with Crippen LogP contribution in [0, 0.1) is 15.5 Å². The molecule has 0 amide bonds. The summed E-state index contributed by atoms with van der Waals surface area (Å²) >= 11 is 0. The number of azo groups is 1. The third-order valence-electron chi connectivity index (χ3n) is 3.75. The number of hydrogen-bond donors (Lipinski definition) is 1. The first kappa shape index (κ1) is 15.9. The molecule has 0 fully saturated rings. The Labute approximate surface area is 136 Å². The molecule has 0 atom stereocenters. The number of rotatable bonds is 3. The standard InChI is InChI=1S/C15H15N3O6/c1-15(2)5-9(19)12(10(20)6-15)17-16-8-3-4-11-14(24-7-23-11)13(8)18(21)22/h3-4,19H,5-7H2,1-2H3. The third kappa shape index (κ3) is 2.80. The van der Waals surface area contributed by atoms with Gasteiger partial charge in [-0.3, -0.25) is 14.9 Å². The van der Waals surface area contributed by atoms with E-state index in [0.29, 0.717) is 0 Å². The van der Waals surface area contributed by atoms with Gasteiger partial charge >= 0.3 is 5.69 Å². The number of ketones is 1. The van der Waals surface area contributed by atoms with Gasteiger partial charge < -0.3 is 14.6 Å². The monoisotopic (exact) mass is 333 g/mol. The molecule has 3 rings (SSSR count). The van der Waals surface area contributed by atoms with Crippen molar-refractivity contribution < 1.29 is 24.3 Å². The fraction of sp³-hybridized carbons (Fsp3) is 0.400. The summed E-state index contributed by atoms with van der Waals surface area (Å²) in [6, 6.07) is 2.83. The molecular weight excluding hydrogens is 318 g/mol. The van der Waals surface area contributed by atoms with Crippen LogP contribution in [0.15, 0.2) is 33.8 Å². The van der Waals surface area contributed by atoms with Crippen LogP contribution in [0.25, 0.3) is 0 Å². The van der Waals surface area contributed by atoms with E-state index >= 15 is 0 Å². The smallest absolute Gasteiger partial charge is 0.342 e. The highest BCUT2D eigenvalue weighted by Crippen LogP contribution is 2.46. The summed E-state index contributed by atoms with van der Waals surface area (Å²) in [5, 5.41) is 28.8. The molecule has 1 aliphatic heterocycles. The summed E-state index contributed by atoms with van der Waals surface area (Å²) in [4.78, 5) is 22.7. The topological polar surface area (TPSA) is 124 Å². The normalized spacial score (nSPS) is 19.2. The number of nitro benzene ring substituents is 1. The second kappa shape index (κ2) is 5.59. The first-order valence-corrected chi connectivity index (χ1v) is 7.22. The van der Waals surface area contributed by atoms with Gasteiger partial charge in [0, 0.05) is 12.8 Å². The molecule has 0 unspecified atom stereocenters. The molecule has 1 aromatic carbocycles. The first-order valence-electron chi connectivity index (χ1n) is 7.22. The molecule has 1 aliphatic carbocycles. The lowest BCUT2D eigenvalue weighted by Gasteiger charge is -2.27. The van der Waals surface area contributed by atoms with Crippen LogP contribution < -0.4 is 9.47 Å². The predicted octanol–water partition coefficient (Wildman–Crippen LogP) is 3.57. The number of aliphatic hydroxyl groups is 1. The van der Waals surface area contributed by atoms with Crippen molar-refractivity contribution in [2.45, 2.75) is 26.7 Å². The minimum absolute atomic E-state index is 0.0224. The Bertz CT molecular complexity index is 797. The molecular formula is C15H15N3O6. The van der Waals surface area contributed by atoms with E-state index in [-0.39, 0.29) is 59.5 Å². The maximum Gasteiger partial charge on any atom is 0.342 e. The van der Waals surface area contributed by atoms with E-state index in [0.717, 1.165) is 0 Å². The first-order chi connectivity index (χ1) is 11.3. The number of carbonyl (C=O) groups excluding carboxylic acids is 1. The average Bonchev–Trinajstić information content (AvgIpc) is 2.92. The number of nitro groups is 1. The van der Waals surface area contributed by atoms with Crippen molar-refractivity contribution in [3.05, 3.63) is 33.7 Å². The number of ether oxygens (including phenoxy) is 2. The van der Waals surface area contributed by atoms with Crippen molar-refractivity contribution in [1.82, 2.24) is 0 Å². The number of fused-ring (bicyclic) bond motifs is 1. The molecule has 9 nitrogen and oxygen atoms in total. The van der Waals surface area contributed by atoms with Gasteiger partial charge in [0.1, 0.15) is 5.76 Å². The fourth-order valence-corrected chi connectivity index (χ4v) is 2.70. The number of aliphatic hydroxyl groups excluding tert-OH is 1. The Morgan fingerprint density at radius 3 is 2.67 bits per heavy atom. The molecule has 24 heavy (non-hydrogen) atoms. The lowest BCUT2D eigenvalue weighted by atomic mass is 9.78. The Morgan fingerprint density at radius 1 is 1.25 bits per heavy atom. The minimum Gasteiger partial charge on any atom is -0.510 e. The van der Waals surface area contributed by atoms with Crippen LogP contribution in [0.2, 0.25) is 0 Å². The SMILES string of the molecule is CC1(C)CC(=O)C(N=Nc2ccc3c(c2[N+](=O)[O-])OCO3)=C(O)C1. The van der Waals surface area contributed by atoms with Crippen molar-refractivity contribution in [3.63, 3.8) is 0 Å². The Morgan fingerprint density at radius 2 is 2.00 bits per heavy atom. The molecule has 0 saturated carbocycles. The summed E-state index contributed by atoms with van der Waals surface area (Å²) in [6.45, 7) is 3.60. The fourth-order valence-electron chi connectivity index (χ4n) is 2.70. The average molecular weight is 333 g/mol. The van der Waals surface area contributed by atoms with Crippen molar-refractivity contribution in [1.29, 1.82) is 0 Å². The maximum atomic E-state index is 12.1. The molecule has 0 bridgehead atoms. The second-order valence-electron chi connectivity index (χ2n) is 6.36. The molecule has 0 saturated heterocycles. The van der Waals surface area contributed by atoms with Crippen LogP contribution in [0.4, 0.5) is 11.4 Å². The van der Waals surface area contributed by atoms with Gasteiger partial charge in [0.25, 0.3) is 0 Å². The highest BCUT2D eigenvalue weighted by atomic mass is 16.7. The summed E-state index contributed by atoms with van der Waals surface area (Å²) < 4.78 is 10.2. The molecule has 0 aromatic heterocycles. The van der Waals surface area contributed by atoms with E-state index in [1.54, 1.807) is 0 Å². The van der Waals surface area contributed by atoms with Crippen LogP contribution >= 0.6 is 0 Å². The van der Waals surface area contributed by atoms with E-state index in [4.69, 9.17) is 9.47 Å². The number of carbonyl (C=O) groups is 1. The maximum absolute atomic E-state index is 12.1. The van der Waals surface area contributed by atoms with Crippen LogP contribution in [-0.2, 0) is 4.79 Å². The molecule has 2 aliphatic rings. The van der Waals surface area contributed by atoms with Gasteiger partial charge in [-0.2, -0.15) is 0 Å². The van der Waals surface area contributed by atoms with Gasteiger partial charge in [-0.25, -0.2) is 0 Å². The molecule has 1 heterocycles. The highest BCUT2D eigenvalue weighted by Gasteiger charge is 2.34. The lowest BCUT2D eigenvalue weighted by Crippen LogP contribution is -2.25. The Balaban J connectivity index is 1.99. The molecule has 126 valence electrons. The Hall–Kier alpha value is -2.97. The van der Waals surface area contributed by atoms with Crippen LogP contribution in [-0.4, -0.2) is 22.6 Å². The lowest BCUT2D eigenvalue weighted by molar-refractivity contribution is -0.384. The molecule has 0 spiro atoms. The summed E-state index contributed by atoms with van der Waals surface area (Å²) in [6.07, 6.45) is 0.505. The van der Waals surface area contributed by atoms with Crippen LogP contribution in [0.1, 0.15) is 26.7 Å². The van der Waals surface area contributed by atoms with E-state index in [9.17, 15) is 20.0 Å². The number of hydrogen-bond acceptors (Lipinski definition) is 8. The number of benzene rings is 1. The zero-order valence-electron chi connectivity index (χ0n) is 13.1. The van der Waals surface area contributed by atoms with Crippen LogP contribution in [0.3, 0.4) is 0 Å². The van der Waals surface area contributed by atoms with E-state index in [1.165, 1.54) is 12.1 Å². The van der Waals surface area contributed by atoms with Gasteiger partial charge in [0.15, 0.2) is 22.9 Å². The number of nitrogens with zero attached hydrogens (tertiary/aromatic N) is 3. The quantitative estimate of drug-likeness (QED) is 0.512. The number of Topliss-reactive ketones (excluding diaryl/α,β-unsaturated/α-hetero) is 1. The van der Waals surface area contributed by atoms with E-state index < -0.39 is 10.6 Å². The zero-order valence-corrected chi connectivity index (χ0v) is 13.1. The van der Waals surface area contributed by atoms with Gasteiger partial charge in [-0.15, -0.1) is 10.2 Å². The molecule has 1 N–H and O–H groups in total. The van der Waals surface area contributed by atoms with Gasteiger partial charge in [0.2, 0.25) is 12.5 Å². The second-order valence-corrected chi connectivity index (χ2v) is 6.36. The van der Waals surface area contributed by atoms with E-state index in [1.807, 2.05) is 13.8 Å². The van der Waals surface area contributed by atoms with Gasteiger partial charge in [-0.05, 0) is 17.5 Å². The van der Waals surface area contributed by atoms with Crippen LogP contribution in [0.5, 0.6) is 11.5 Å². The summed E-state index contributed by atoms with van der Waals surface area (Å²) in [5.41, 5.74) is -0.994. The van der Waals surface area contributed by atoms with E-state index in [2.05, 4.69) is 10.2 Å². The predicted molar refractivity (Wildman–Crippen MR) is 81.4 cm³/mol. The summed E-state index contributed by atoms with van der Waals surface area (Å²) in [5.74, 6) is -0.289. The Kier molecular flexibility index (Phi) is 3.70. The summed E-state index contributed by atoms with van der Waals surface area (Å²) in [7, 11) is 0. The van der Waals surface area contributed by atoms with Crippen molar-refractivity contribution >= 4 is 17.2 Å². The molecule has 0 radical (unpaired) electrons. The number of allylic oxidation sites excluding steroid dienone is 2. The zero-order chi connectivity index (χ0) is 17.5. The third-order valence-corrected chi connectivity index (χ3v) is 3.75. The van der Waals surface area contributed by atoms with Gasteiger partial charge in [0.05, 0.1) is 4.92 Å².